The molecule has 5 nitrogen and oxygen atoms in total. The Kier molecular flexibility index (Phi) is 8.97. The number of benzene rings is 2. The first-order valence-electron chi connectivity index (χ1n) is 13.0. The van der Waals surface area contributed by atoms with Gasteiger partial charge in [-0.25, -0.2) is 0 Å². The molecule has 0 bridgehead atoms. The van der Waals surface area contributed by atoms with Gasteiger partial charge < -0.3 is 14.7 Å². The van der Waals surface area contributed by atoms with E-state index >= 15 is 0 Å². The summed E-state index contributed by atoms with van der Waals surface area (Å²) >= 11 is 13.4. The van der Waals surface area contributed by atoms with Crippen molar-refractivity contribution >= 4 is 35.0 Å². The van der Waals surface area contributed by atoms with Gasteiger partial charge in [0, 0.05) is 54.3 Å². The lowest BCUT2D eigenvalue weighted by atomic mass is 9.93. The van der Waals surface area contributed by atoms with Gasteiger partial charge in [0.25, 0.3) is 5.91 Å². The zero-order chi connectivity index (χ0) is 25.8. The predicted octanol–water partition coefficient (Wildman–Crippen LogP) is 6.02. The number of hydrogen-bond donors (Lipinski definition) is 0. The maximum atomic E-state index is 13.1. The fourth-order valence-electron chi connectivity index (χ4n) is 5.40. The van der Waals surface area contributed by atoms with Gasteiger partial charge in [-0.2, -0.15) is 0 Å². The van der Waals surface area contributed by atoms with E-state index in [0.717, 1.165) is 49.0 Å². The van der Waals surface area contributed by atoms with Crippen molar-refractivity contribution < 1.29 is 9.59 Å². The van der Waals surface area contributed by atoms with Crippen LogP contribution in [0, 0.1) is 5.92 Å². The van der Waals surface area contributed by atoms with Crippen LogP contribution in [0.15, 0.2) is 36.4 Å². The summed E-state index contributed by atoms with van der Waals surface area (Å²) in [6.45, 7) is 2.33. The molecule has 194 valence electrons. The van der Waals surface area contributed by atoms with Gasteiger partial charge >= 0.3 is 0 Å². The van der Waals surface area contributed by atoms with Gasteiger partial charge in [0.1, 0.15) is 0 Å². The van der Waals surface area contributed by atoms with E-state index in [1.807, 2.05) is 57.5 Å². The minimum atomic E-state index is -0.0532. The highest BCUT2D eigenvalue weighted by Gasteiger charge is 2.36. The summed E-state index contributed by atoms with van der Waals surface area (Å²) in [6.07, 6.45) is 7.43. The van der Waals surface area contributed by atoms with Crippen LogP contribution in [0.3, 0.4) is 0 Å². The average molecular weight is 531 g/mol. The molecule has 1 aliphatic carbocycles. The fraction of sp³-hybridized carbons (Fsp3) is 0.517. The van der Waals surface area contributed by atoms with Crippen molar-refractivity contribution in [1.29, 1.82) is 0 Å². The van der Waals surface area contributed by atoms with E-state index < -0.39 is 0 Å². The summed E-state index contributed by atoms with van der Waals surface area (Å²) in [5.74, 6) is 0.204. The molecule has 0 N–H and O–H groups in total. The van der Waals surface area contributed by atoms with Gasteiger partial charge in [-0.15, -0.1) is 0 Å². The van der Waals surface area contributed by atoms with Gasteiger partial charge in [0.05, 0.1) is 0 Å². The Hall–Kier alpha value is -2.08. The Morgan fingerprint density at radius 1 is 0.917 bits per heavy atom. The number of nitrogens with zero attached hydrogens (tertiary/aromatic N) is 3. The summed E-state index contributed by atoms with van der Waals surface area (Å²) in [5.41, 5.74) is 3.34. The van der Waals surface area contributed by atoms with Crippen LogP contribution in [0.4, 0.5) is 0 Å². The molecule has 2 aromatic rings. The number of carbonyl (C=O) groups is 2. The van der Waals surface area contributed by atoms with Crippen LogP contribution in [0.2, 0.25) is 10.0 Å². The second-order valence-corrected chi connectivity index (χ2v) is 11.4. The van der Waals surface area contributed by atoms with Crippen LogP contribution in [0.1, 0.15) is 54.4 Å². The van der Waals surface area contributed by atoms with E-state index in [1.165, 1.54) is 19.3 Å². The molecular formula is C29H37Cl2N3O2. The molecule has 1 saturated carbocycles. The molecule has 4 rings (SSSR count). The van der Waals surface area contributed by atoms with Crippen molar-refractivity contribution in [3.63, 3.8) is 0 Å². The summed E-state index contributed by atoms with van der Waals surface area (Å²) in [7, 11) is 5.81. The zero-order valence-electron chi connectivity index (χ0n) is 21.6. The lowest BCUT2D eigenvalue weighted by molar-refractivity contribution is -0.133. The van der Waals surface area contributed by atoms with Crippen LogP contribution in [-0.4, -0.2) is 73.3 Å². The van der Waals surface area contributed by atoms with E-state index in [-0.39, 0.29) is 17.7 Å². The smallest absolute Gasteiger partial charge is 0.253 e. The molecule has 1 atom stereocenters. The Labute approximate surface area is 225 Å². The molecule has 2 amide bonds. The number of rotatable bonds is 8. The molecule has 1 aliphatic heterocycles. The van der Waals surface area contributed by atoms with Crippen molar-refractivity contribution in [2.75, 3.05) is 40.8 Å². The molecule has 2 fully saturated rings. The molecule has 2 aliphatic rings. The Morgan fingerprint density at radius 3 is 2.17 bits per heavy atom. The number of halogens is 2. The highest BCUT2D eigenvalue weighted by molar-refractivity contribution is 6.36. The molecule has 2 aromatic carbocycles. The zero-order valence-corrected chi connectivity index (χ0v) is 23.1. The second-order valence-electron chi connectivity index (χ2n) is 10.5. The van der Waals surface area contributed by atoms with Crippen molar-refractivity contribution in [1.82, 2.24) is 14.7 Å². The monoisotopic (exact) mass is 529 g/mol. The highest BCUT2D eigenvalue weighted by Crippen LogP contribution is 2.36. The van der Waals surface area contributed by atoms with Crippen LogP contribution >= 0.6 is 23.2 Å². The Morgan fingerprint density at radius 2 is 1.56 bits per heavy atom. The normalized spacial score (nSPS) is 18.8. The summed E-state index contributed by atoms with van der Waals surface area (Å²) in [6, 6.07) is 11.8. The van der Waals surface area contributed by atoms with Crippen LogP contribution in [0.25, 0.3) is 11.1 Å². The number of carbonyl (C=O) groups excluding carboxylic acids is 2. The molecule has 1 saturated heterocycles. The minimum absolute atomic E-state index is 0.00156. The van der Waals surface area contributed by atoms with E-state index in [4.69, 9.17) is 23.2 Å². The van der Waals surface area contributed by atoms with Crippen LogP contribution in [-0.2, 0) is 11.2 Å². The Bertz CT molecular complexity index is 1060. The highest BCUT2D eigenvalue weighted by atomic mass is 35.5. The summed E-state index contributed by atoms with van der Waals surface area (Å²) in [5, 5.41) is 1.18. The quantitative estimate of drug-likeness (QED) is 0.420. The maximum Gasteiger partial charge on any atom is 0.253 e. The first-order chi connectivity index (χ1) is 17.2. The third-order valence-electron chi connectivity index (χ3n) is 7.65. The van der Waals surface area contributed by atoms with Gasteiger partial charge in [-0.1, -0.05) is 54.6 Å². The average Bonchev–Trinajstić information content (AvgIpc) is 3.24. The van der Waals surface area contributed by atoms with Crippen molar-refractivity contribution in [3.05, 3.63) is 57.6 Å². The maximum absolute atomic E-state index is 13.1. The molecule has 0 aromatic heterocycles. The number of likely N-dealkylation sites (tertiary alicyclic amines) is 1. The van der Waals surface area contributed by atoms with E-state index in [1.54, 1.807) is 4.90 Å². The molecule has 1 heterocycles. The molecular weight excluding hydrogens is 493 g/mol. The molecule has 1 unspecified atom stereocenters. The molecule has 7 heteroatoms. The molecule has 0 spiro atoms. The Balaban J connectivity index is 1.43. The first-order valence-corrected chi connectivity index (χ1v) is 13.8. The SMILES string of the molecule is CN(C)CCN(C)C(=O)c1ccc(-c2cc(Cl)c(CC3CCN(C4CCCCC4)C3=O)c(Cl)c2)cc1. The fourth-order valence-corrected chi connectivity index (χ4v) is 6.04. The van der Waals surface area contributed by atoms with Gasteiger partial charge in [-0.05, 0) is 80.7 Å². The number of amides is 2. The van der Waals surface area contributed by atoms with Gasteiger partial charge in [-0.3, -0.25) is 9.59 Å². The van der Waals surface area contributed by atoms with Gasteiger partial charge in [0.15, 0.2) is 0 Å². The molecule has 0 radical (unpaired) electrons. The standard InChI is InChI=1S/C29H37Cl2N3O2/c1-32(2)15-16-33(3)28(35)21-11-9-20(10-12-21)23-18-26(30)25(27(31)19-23)17-22-13-14-34(29(22)36)24-7-5-4-6-8-24/h9-12,18-19,22,24H,4-8,13-17H2,1-3H3. The van der Waals surface area contributed by atoms with Crippen molar-refractivity contribution in [2.24, 2.45) is 5.92 Å². The minimum Gasteiger partial charge on any atom is -0.340 e. The van der Waals surface area contributed by atoms with Crippen molar-refractivity contribution in [2.45, 2.75) is 51.0 Å². The summed E-state index contributed by atoms with van der Waals surface area (Å²) in [4.78, 5) is 31.7. The lowest BCUT2D eigenvalue weighted by Gasteiger charge is -2.31. The summed E-state index contributed by atoms with van der Waals surface area (Å²) < 4.78 is 0. The third-order valence-corrected chi connectivity index (χ3v) is 8.33. The predicted molar refractivity (Wildman–Crippen MR) is 148 cm³/mol. The topological polar surface area (TPSA) is 43.9 Å². The van der Waals surface area contributed by atoms with Crippen LogP contribution in [0.5, 0.6) is 0 Å². The van der Waals surface area contributed by atoms with Crippen LogP contribution < -0.4 is 0 Å². The number of likely N-dealkylation sites (N-methyl/N-ethyl adjacent to an activating group) is 2. The first kappa shape index (κ1) is 27.0. The van der Waals surface area contributed by atoms with E-state index in [0.29, 0.717) is 34.6 Å². The van der Waals surface area contributed by atoms with Crippen molar-refractivity contribution in [3.8, 4) is 11.1 Å². The largest absolute Gasteiger partial charge is 0.340 e. The second kappa shape index (κ2) is 12.0. The lowest BCUT2D eigenvalue weighted by Crippen LogP contribution is -2.39. The molecule has 36 heavy (non-hydrogen) atoms. The van der Waals surface area contributed by atoms with E-state index in [9.17, 15) is 9.59 Å². The van der Waals surface area contributed by atoms with Gasteiger partial charge in [0.2, 0.25) is 5.91 Å². The number of hydrogen-bond acceptors (Lipinski definition) is 3. The van der Waals surface area contributed by atoms with E-state index in [2.05, 4.69) is 9.80 Å². The third kappa shape index (κ3) is 6.24.